The second-order valence-corrected chi connectivity index (χ2v) is 12.3. The van der Waals surface area contributed by atoms with Gasteiger partial charge in [-0.2, -0.15) is 0 Å². The maximum atomic E-state index is 10.7. The number of allylic oxidation sites excluding steroid dienone is 1. The zero-order valence-electron chi connectivity index (χ0n) is 20.2. The van der Waals surface area contributed by atoms with E-state index in [1.54, 1.807) is 5.57 Å². The molecule has 4 aliphatic rings. The highest BCUT2D eigenvalue weighted by atomic mass is 16.3. The number of hydrogen-bond acceptors (Lipinski definition) is 2. The molecule has 0 aromatic rings. The van der Waals surface area contributed by atoms with E-state index in [1.807, 2.05) is 0 Å². The fraction of sp³-hybridized carbons (Fsp3) is 0.857. The van der Waals surface area contributed by atoms with Gasteiger partial charge < -0.3 is 10.2 Å². The lowest BCUT2D eigenvalue weighted by molar-refractivity contribution is -0.0589. The normalized spacial score (nSPS) is 45.2. The molecule has 0 radical (unpaired) electrons. The number of aliphatic hydroxyl groups excluding tert-OH is 2. The Labute approximate surface area is 185 Å². The largest absolute Gasteiger partial charge is 0.393 e. The molecule has 2 nitrogen and oxygen atoms in total. The fourth-order valence-corrected chi connectivity index (χ4v) is 8.67. The first-order valence-corrected chi connectivity index (χ1v) is 12.8. The molecular formula is C28H46O2. The second kappa shape index (κ2) is 8.07. The first kappa shape index (κ1) is 22.6. The smallest absolute Gasteiger partial charge is 0.0752 e. The molecule has 0 aliphatic heterocycles. The molecular weight excluding hydrogens is 368 g/mol. The minimum Gasteiger partial charge on any atom is -0.393 e. The summed E-state index contributed by atoms with van der Waals surface area (Å²) in [6, 6.07) is 0. The molecule has 0 saturated heterocycles. The lowest BCUT2D eigenvalue weighted by Crippen LogP contribution is -2.50. The van der Waals surface area contributed by atoms with Crippen molar-refractivity contribution in [2.75, 3.05) is 0 Å². The molecule has 4 aliphatic carbocycles. The Balaban J connectivity index is 1.51. The second-order valence-electron chi connectivity index (χ2n) is 12.3. The van der Waals surface area contributed by atoms with Crippen LogP contribution < -0.4 is 0 Å². The summed E-state index contributed by atoms with van der Waals surface area (Å²) in [6.45, 7) is 16.0. The van der Waals surface area contributed by atoms with Gasteiger partial charge in [0.25, 0.3) is 0 Å². The first-order valence-electron chi connectivity index (χ1n) is 12.8. The molecule has 4 rings (SSSR count). The summed E-state index contributed by atoms with van der Waals surface area (Å²) < 4.78 is 0. The first-order chi connectivity index (χ1) is 14.1. The monoisotopic (exact) mass is 414 g/mol. The van der Waals surface area contributed by atoms with Crippen molar-refractivity contribution in [1.82, 2.24) is 0 Å². The summed E-state index contributed by atoms with van der Waals surface area (Å²) in [5, 5.41) is 21.0. The molecule has 0 aromatic heterocycles. The highest BCUT2D eigenvalue weighted by molar-refractivity contribution is 5.25. The van der Waals surface area contributed by atoms with Crippen LogP contribution in [0.3, 0.4) is 0 Å². The van der Waals surface area contributed by atoms with E-state index >= 15 is 0 Å². The third-order valence-corrected chi connectivity index (χ3v) is 10.6. The Hall–Kier alpha value is -0.600. The summed E-state index contributed by atoms with van der Waals surface area (Å²) in [6.07, 6.45) is 12.7. The van der Waals surface area contributed by atoms with Crippen LogP contribution in [0.2, 0.25) is 0 Å². The van der Waals surface area contributed by atoms with Crippen LogP contribution in [0.5, 0.6) is 0 Å². The molecule has 9 atom stereocenters. The zero-order valence-corrected chi connectivity index (χ0v) is 20.2. The molecule has 0 unspecified atom stereocenters. The lowest BCUT2D eigenvalue weighted by Gasteiger charge is -2.58. The Morgan fingerprint density at radius 3 is 2.53 bits per heavy atom. The molecule has 3 saturated carbocycles. The minimum absolute atomic E-state index is 0.113. The van der Waals surface area contributed by atoms with Gasteiger partial charge in [-0.1, -0.05) is 52.8 Å². The minimum atomic E-state index is -0.355. The molecule has 0 spiro atoms. The van der Waals surface area contributed by atoms with E-state index < -0.39 is 0 Å². The number of rotatable bonds is 5. The van der Waals surface area contributed by atoms with Gasteiger partial charge in [-0.25, -0.2) is 0 Å². The van der Waals surface area contributed by atoms with Crippen LogP contribution in [0.15, 0.2) is 23.8 Å². The van der Waals surface area contributed by atoms with Crippen LogP contribution in [-0.4, -0.2) is 22.4 Å². The third kappa shape index (κ3) is 3.54. The van der Waals surface area contributed by atoms with Gasteiger partial charge in [0.15, 0.2) is 0 Å². The molecule has 0 heterocycles. The number of aliphatic hydroxyl groups is 2. The van der Waals surface area contributed by atoms with Gasteiger partial charge in [-0.05, 0) is 110 Å². The molecule has 3 fully saturated rings. The van der Waals surface area contributed by atoms with E-state index in [0.717, 1.165) is 48.5 Å². The van der Waals surface area contributed by atoms with E-state index in [2.05, 4.69) is 47.3 Å². The summed E-state index contributed by atoms with van der Waals surface area (Å²) in [7, 11) is 0. The van der Waals surface area contributed by atoms with Crippen molar-refractivity contribution in [3.05, 3.63) is 23.8 Å². The predicted molar refractivity (Wildman–Crippen MR) is 125 cm³/mol. The quantitative estimate of drug-likeness (QED) is 0.502. The molecule has 0 aromatic carbocycles. The van der Waals surface area contributed by atoms with Crippen LogP contribution in [0.1, 0.15) is 92.4 Å². The average Bonchev–Trinajstić information content (AvgIpc) is 3.05. The van der Waals surface area contributed by atoms with Crippen molar-refractivity contribution >= 4 is 0 Å². The lowest BCUT2D eigenvalue weighted by atomic mass is 9.47. The highest BCUT2D eigenvalue weighted by Crippen LogP contribution is 2.67. The van der Waals surface area contributed by atoms with Gasteiger partial charge in [-0.3, -0.25) is 0 Å². The van der Waals surface area contributed by atoms with Gasteiger partial charge in [0.1, 0.15) is 0 Å². The Kier molecular flexibility index (Phi) is 6.08. The van der Waals surface area contributed by atoms with Crippen molar-refractivity contribution < 1.29 is 10.2 Å². The van der Waals surface area contributed by atoms with Crippen LogP contribution in [0.4, 0.5) is 0 Å². The predicted octanol–water partition coefficient (Wildman–Crippen LogP) is 6.53. The molecule has 2 heteroatoms. The van der Waals surface area contributed by atoms with Crippen molar-refractivity contribution in [3.8, 4) is 0 Å². The molecule has 170 valence electrons. The molecule has 0 amide bonds. The van der Waals surface area contributed by atoms with Crippen molar-refractivity contribution in [2.24, 2.45) is 46.3 Å². The van der Waals surface area contributed by atoms with Gasteiger partial charge in [0, 0.05) is 0 Å². The maximum absolute atomic E-state index is 10.7. The van der Waals surface area contributed by atoms with Gasteiger partial charge in [0.05, 0.1) is 12.2 Å². The van der Waals surface area contributed by atoms with Crippen LogP contribution >= 0.6 is 0 Å². The summed E-state index contributed by atoms with van der Waals surface area (Å²) in [5.74, 6) is 4.09. The SMILES string of the molecule is C=C(C(C)C)[C@H](O)C[C@@H](C)[C@H]1CC[C@H]2[C@@H]3CC=C4C[C@@H](O)CC[C@]4(C)[C@H]3CC[C@]12C. The highest BCUT2D eigenvalue weighted by Gasteiger charge is 2.59. The Bertz CT molecular complexity index is 693. The van der Waals surface area contributed by atoms with E-state index in [-0.39, 0.29) is 12.2 Å². The van der Waals surface area contributed by atoms with Gasteiger partial charge >= 0.3 is 0 Å². The summed E-state index contributed by atoms with van der Waals surface area (Å²) in [5.41, 5.74) is 3.33. The van der Waals surface area contributed by atoms with E-state index in [0.29, 0.717) is 22.7 Å². The standard InChI is InChI=1S/C28H46O2/c1-17(2)19(4)26(30)15-18(3)23-9-10-24-22-8-7-20-16-21(29)11-13-27(20,5)25(22)12-14-28(23,24)6/h7,17-18,21-26,29-30H,4,8-16H2,1-3,5-6H3/t18-,21+,22+,23-,24+,25+,26-,27+,28-/m1/s1. The topological polar surface area (TPSA) is 40.5 Å². The van der Waals surface area contributed by atoms with Gasteiger partial charge in [-0.15, -0.1) is 0 Å². The van der Waals surface area contributed by atoms with Crippen molar-refractivity contribution in [3.63, 3.8) is 0 Å². The van der Waals surface area contributed by atoms with Crippen LogP contribution in [-0.2, 0) is 0 Å². The van der Waals surface area contributed by atoms with Gasteiger partial charge in [0.2, 0.25) is 0 Å². The Morgan fingerprint density at radius 2 is 1.83 bits per heavy atom. The third-order valence-electron chi connectivity index (χ3n) is 10.6. The fourth-order valence-electron chi connectivity index (χ4n) is 8.67. The molecule has 2 N–H and O–H groups in total. The van der Waals surface area contributed by atoms with E-state index in [1.165, 1.54) is 38.5 Å². The van der Waals surface area contributed by atoms with Crippen molar-refractivity contribution in [2.45, 2.75) is 105 Å². The van der Waals surface area contributed by atoms with Crippen LogP contribution in [0.25, 0.3) is 0 Å². The van der Waals surface area contributed by atoms with Crippen molar-refractivity contribution in [1.29, 1.82) is 0 Å². The molecule has 0 bridgehead atoms. The average molecular weight is 415 g/mol. The van der Waals surface area contributed by atoms with Crippen LogP contribution in [0, 0.1) is 46.3 Å². The van der Waals surface area contributed by atoms with E-state index in [4.69, 9.17) is 0 Å². The van der Waals surface area contributed by atoms with E-state index in [9.17, 15) is 10.2 Å². The maximum Gasteiger partial charge on any atom is 0.0752 e. The number of fused-ring (bicyclic) bond motifs is 5. The Morgan fingerprint density at radius 1 is 1.10 bits per heavy atom. The zero-order chi connectivity index (χ0) is 21.8. The number of hydrogen-bond donors (Lipinski definition) is 2. The molecule has 30 heavy (non-hydrogen) atoms. The summed E-state index contributed by atoms with van der Waals surface area (Å²) in [4.78, 5) is 0. The summed E-state index contributed by atoms with van der Waals surface area (Å²) >= 11 is 0.